The molecule has 0 aliphatic carbocycles. The van der Waals surface area contributed by atoms with E-state index in [-0.39, 0.29) is 4.90 Å². The summed E-state index contributed by atoms with van der Waals surface area (Å²) in [6.07, 6.45) is 1.96. The molecule has 0 aromatic heterocycles. The van der Waals surface area contributed by atoms with Crippen molar-refractivity contribution in [1.29, 1.82) is 0 Å². The standard InChI is InChI=1S/C24H22N2O3S/c27-23-24(25-17-9-10-18-25,19-11-3-1-4-12-19)21-15-7-8-16-22(21)26(23)30(28,29)20-13-5-2-6-14-20/h1-8,11-16H,9-10,17-18H2. The number of likely N-dealkylation sites (tertiary alicyclic amines) is 1. The van der Waals surface area contributed by atoms with Gasteiger partial charge in [-0.2, -0.15) is 0 Å². The molecule has 1 unspecified atom stereocenters. The first-order chi connectivity index (χ1) is 14.6. The fourth-order valence-corrected chi connectivity index (χ4v) is 6.24. The summed E-state index contributed by atoms with van der Waals surface area (Å²) in [6, 6.07) is 25.0. The highest BCUT2D eigenvalue weighted by Crippen LogP contribution is 2.50. The topological polar surface area (TPSA) is 57.7 Å². The molecule has 5 nitrogen and oxygen atoms in total. The Kier molecular flexibility index (Phi) is 4.49. The quantitative estimate of drug-likeness (QED) is 0.647. The van der Waals surface area contributed by atoms with Crippen LogP contribution in [0, 0.1) is 0 Å². The minimum Gasteiger partial charge on any atom is -0.282 e. The van der Waals surface area contributed by atoms with Gasteiger partial charge >= 0.3 is 0 Å². The van der Waals surface area contributed by atoms with Crippen LogP contribution in [-0.2, 0) is 20.4 Å². The molecule has 3 aromatic rings. The number of para-hydroxylation sites is 1. The van der Waals surface area contributed by atoms with Crippen LogP contribution in [0.2, 0.25) is 0 Å². The van der Waals surface area contributed by atoms with Crippen LogP contribution in [0.1, 0.15) is 24.0 Å². The molecule has 2 aliphatic rings. The predicted octanol–water partition coefficient (Wildman–Crippen LogP) is 3.76. The first-order valence-electron chi connectivity index (χ1n) is 10.1. The minimum atomic E-state index is -4.05. The lowest BCUT2D eigenvalue weighted by molar-refractivity contribution is -0.126. The normalized spacial score (nSPS) is 21.7. The SMILES string of the molecule is O=C1N(S(=O)(=O)c2ccccc2)c2ccccc2C1(c1ccccc1)N1CCCC1. The van der Waals surface area contributed by atoms with E-state index < -0.39 is 21.5 Å². The van der Waals surface area contributed by atoms with Crippen LogP contribution in [0.3, 0.4) is 0 Å². The Morgan fingerprint density at radius 1 is 0.733 bits per heavy atom. The third-order valence-electron chi connectivity index (χ3n) is 6.06. The second kappa shape index (κ2) is 7.07. The summed E-state index contributed by atoms with van der Waals surface area (Å²) in [5.74, 6) is -0.430. The maximum Gasteiger partial charge on any atom is 0.270 e. The Labute approximate surface area is 176 Å². The van der Waals surface area contributed by atoms with E-state index in [0.717, 1.165) is 41.4 Å². The molecule has 1 fully saturated rings. The van der Waals surface area contributed by atoms with E-state index in [1.165, 1.54) is 12.1 Å². The van der Waals surface area contributed by atoms with Crippen molar-refractivity contribution in [2.45, 2.75) is 23.3 Å². The van der Waals surface area contributed by atoms with Crippen molar-refractivity contribution in [3.8, 4) is 0 Å². The Morgan fingerprint density at radius 2 is 1.30 bits per heavy atom. The first-order valence-corrected chi connectivity index (χ1v) is 11.6. The molecule has 2 aliphatic heterocycles. The van der Waals surface area contributed by atoms with Gasteiger partial charge in [-0.3, -0.25) is 9.69 Å². The highest BCUT2D eigenvalue weighted by molar-refractivity contribution is 7.93. The number of benzene rings is 3. The third kappa shape index (κ3) is 2.57. The number of carbonyl (C=O) groups is 1. The van der Waals surface area contributed by atoms with Crippen LogP contribution in [0.4, 0.5) is 5.69 Å². The number of hydrogen-bond donors (Lipinski definition) is 0. The van der Waals surface area contributed by atoms with Crippen LogP contribution < -0.4 is 4.31 Å². The van der Waals surface area contributed by atoms with E-state index in [1.807, 2.05) is 42.5 Å². The predicted molar refractivity (Wildman–Crippen MR) is 116 cm³/mol. The van der Waals surface area contributed by atoms with Crippen LogP contribution in [0.15, 0.2) is 89.8 Å². The van der Waals surface area contributed by atoms with Gasteiger partial charge in [0.15, 0.2) is 5.54 Å². The summed E-state index contributed by atoms with van der Waals surface area (Å²) in [5, 5.41) is 0. The monoisotopic (exact) mass is 418 g/mol. The van der Waals surface area contributed by atoms with Crippen molar-refractivity contribution in [3.63, 3.8) is 0 Å². The lowest BCUT2D eigenvalue weighted by atomic mass is 9.82. The number of sulfonamides is 1. The minimum absolute atomic E-state index is 0.110. The van der Waals surface area contributed by atoms with E-state index in [0.29, 0.717) is 5.69 Å². The van der Waals surface area contributed by atoms with Crippen molar-refractivity contribution >= 4 is 21.6 Å². The van der Waals surface area contributed by atoms with Crippen molar-refractivity contribution < 1.29 is 13.2 Å². The number of hydrogen-bond acceptors (Lipinski definition) is 4. The summed E-state index contributed by atoms with van der Waals surface area (Å²) in [6.45, 7) is 1.49. The van der Waals surface area contributed by atoms with Gasteiger partial charge in [0, 0.05) is 5.56 Å². The summed E-state index contributed by atoms with van der Waals surface area (Å²) < 4.78 is 28.3. The zero-order valence-corrected chi connectivity index (χ0v) is 17.3. The second-order valence-corrected chi connectivity index (χ2v) is 9.46. The number of rotatable bonds is 4. The van der Waals surface area contributed by atoms with Gasteiger partial charge in [0.05, 0.1) is 10.6 Å². The van der Waals surface area contributed by atoms with Gasteiger partial charge in [0.25, 0.3) is 15.9 Å². The molecule has 1 atom stereocenters. The molecular weight excluding hydrogens is 396 g/mol. The number of nitrogens with zero attached hydrogens (tertiary/aromatic N) is 2. The molecule has 6 heteroatoms. The molecule has 0 saturated carbocycles. The summed E-state index contributed by atoms with van der Waals surface area (Å²) in [4.78, 5) is 16.4. The van der Waals surface area contributed by atoms with Gasteiger partial charge in [-0.1, -0.05) is 66.7 Å². The molecule has 30 heavy (non-hydrogen) atoms. The first kappa shape index (κ1) is 19.0. The Morgan fingerprint density at radius 3 is 1.97 bits per heavy atom. The zero-order chi connectivity index (χ0) is 20.8. The molecule has 152 valence electrons. The molecule has 3 aromatic carbocycles. The van der Waals surface area contributed by atoms with Crippen LogP contribution >= 0.6 is 0 Å². The largest absolute Gasteiger partial charge is 0.282 e. The summed E-state index contributed by atoms with van der Waals surface area (Å²) in [7, 11) is -4.05. The zero-order valence-electron chi connectivity index (χ0n) is 16.4. The van der Waals surface area contributed by atoms with Gasteiger partial charge in [-0.15, -0.1) is 0 Å². The molecule has 1 saturated heterocycles. The maximum absolute atomic E-state index is 14.2. The fourth-order valence-electron chi connectivity index (χ4n) is 4.76. The number of amides is 1. The summed E-state index contributed by atoms with van der Waals surface area (Å²) >= 11 is 0. The van der Waals surface area contributed by atoms with Gasteiger partial charge < -0.3 is 0 Å². The average Bonchev–Trinajstić information content (AvgIpc) is 3.40. The average molecular weight is 419 g/mol. The molecule has 0 N–H and O–H groups in total. The van der Waals surface area contributed by atoms with E-state index in [1.54, 1.807) is 30.3 Å². The Bertz CT molecular complexity index is 1190. The van der Waals surface area contributed by atoms with Crippen LogP contribution in [-0.4, -0.2) is 32.3 Å². The van der Waals surface area contributed by atoms with E-state index in [2.05, 4.69) is 4.90 Å². The van der Waals surface area contributed by atoms with Crippen molar-refractivity contribution in [2.75, 3.05) is 17.4 Å². The number of carbonyl (C=O) groups excluding carboxylic acids is 1. The molecule has 2 heterocycles. The van der Waals surface area contributed by atoms with Gasteiger partial charge in [0.1, 0.15) is 0 Å². The molecular formula is C24H22N2O3S. The Hall–Kier alpha value is -2.96. The van der Waals surface area contributed by atoms with Gasteiger partial charge in [0.2, 0.25) is 0 Å². The van der Waals surface area contributed by atoms with E-state index in [4.69, 9.17) is 0 Å². The lowest BCUT2D eigenvalue weighted by Gasteiger charge is -2.38. The van der Waals surface area contributed by atoms with Crippen LogP contribution in [0.5, 0.6) is 0 Å². The Balaban J connectivity index is 1.79. The van der Waals surface area contributed by atoms with Crippen molar-refractivity contribution in [2.24, 2.45) is 0 Å². The molecule has 1 amide bonds. The van der Waals surface area contributed by atoms with Gasteiger partial charge in [-0.25, -0.2) is 12.7 Å². The van der Waals surface area contributed by atoms with Crippen LogP contribution in [0.25, 0.3) is 0 Å². The highest BCUT2D eigenvalue weighted by Gasteiger charge is 2.59. The molecule has 0 spiro atoms. The molecule has 0 bridgehead atoms. The second-order valence-electron chi connectivity index (χ2n) is 7.68. The maximum atomic E-state index is 14.2. The lowest BCUT2D eigenvalue weighted by Crippen LogP contribution is -2.53. The van der Waals surface area contributed by atoms with Crippen molar-refractivity contribution in [3.05, 3.63) is 96.1 Å². The molecule has 5 rings (SSSR count). The summed E-state index contributed by atoms with van der Waals surface area (Å²) in [5.41, 5.74) is 0.816. The number of fused-ring (bicyclic) bond motifs is 1. The van der Waals surface area contributed by atoms with Crippen molar-refractivity contribution in [1.82, 2.24) is 4.90 Å². The molecule has 0 radical (unpaired) electrons. The number of anilines is 1. The van der Waals surface area contributed by atoms with E-state index >= 15 is 0 Å². The van der Waals surface area contributed by atoms with E-state index in [9.17, 15) is 13.2 Å². The highest BCUT2D eigenvalue weighted by atomic mass is 32.2. The smallest absolute Gasteiger partial charge is 0.270 e. The van der Waals surface area contributed by atoms with Gasteiger partial charge in [-0.05, 0) is 49.7 Å². The third-order valence-corrected chi connectivity index (χ3v) is 7.77. The fraction of sp³-hybridized carbons (Fsp3) is 0.208.